The number of rotatable bonds is 11. The maximum absolute atomic E-state index is 12.8. The van der Waals surface area contributed by atoms with Gasteiger partial charge in [0.1, 0.15) is 5.75 Å². The Bertz CT molecular complexity index is 1550. The first-order valence-corrected chi connectivity index (χ1v) is 13.9. The van der Waals surface area contributed by atoms with Crippen LogP contribution in [0.5, 0.6) is 5.75 Å². The van der Waals surface area contributed by atoms with Crippen LogP contribution in [-0.4, -0.2) is 52.0 Å². The van der Waals surface area contributed by atoms with E-state index in [0.717, 1.165) is 16.8 Å². The van der Waals surface area contributed by atoms with Crippen molar-refractivity contribution >= 4 is 35.2 Å². The quantitative estimate of drug-likeness (QED) is 0.195. The Morgan fingerprint density at radius 1 is 0.951 bits per heavy atom. The number of ether oxygens (including phenoxy) is 2. The van der Waals surface area contributed by atoms with E-state index in [0.29, 0.717) is 33.5 Å². The zero-order chi connectivity index (χ0) is 29.4. The summed E-state index contributed by atoms with van der Waals surface area (Å²) in [7, 11) is 1.55. The number of carbonyl (C=O) groups is 3. The number of hydrogen-bond donors (Lipinski definition) is 2. The zero-order valence-electron chi connectivity index (χ0n) is 23.3. The number of anilines is 1. The fraction of sp³-hybridized carbons (Fsp3) is 0.233. The molecule has 0 aliphatic heterocycles. The topological polar surface area (TPSA) is 124 Å². The summed E-state index contributed by atoms with van der Waals surface area (Å²) in [5, 5.41) is 14.9. The summed E-state index contributed by atoms with van der Waals surface area (Å²) in [6.07, 6.45) is 0. The molecule has 3 aromatic carbocycles. The molecule has 1 heterocycles. The van der Waals surface area contributed by atoms with Gasteiger partial charge in [-0.05, 0) is 80.4 Å². The minimum atomic E-state index is -0.415. The van der Waals surface area contributed by atoms with Crippen molar-refractivity contribution in [1.82, 2.24) is 20.1 Å². The molecule has 0 bridgehead atoms. The van der Waals surface area contributed by atoms with Gasteiger partial charge >= 0.3 is 5.97 Å². The monoisotopic (exact) mass is 573 g/mol. The largest absolute Gasteiger partial charge is 0.497 e. The van der Waals surface area contributed by atoms with E-state index < -0.39 is 5.97 Å². The normalized spacial score (nSPS) is 10.6. The number of aromatic nitrogens is 3. The number of esters is 1. The van der Waals surface area contributed by atoms with Crippen molar-refractivity contribution in [3.8, 4) is 11.4 Å². The number of hydrogen-bond acceptors (Lipinski definition) is 8. The van der Waals surface area contributed by atoms with Crippen LogP contribution in [0.25, 0.3) is 5.69 Å². The van der Waals surface area contributed by atoms with Gasteiger partial charge in [-0.25, -0.2) is 4.79 Å². The summed E-state index contributed by atoms with van der Waals surface area (Å²) in [5.74, 6) is 0.237. The number of thioether (sulfide) groups is 1. The molecule has 4 rings (SSSR count). The van der Waals surface area contributed by atoms with Gasteiger partial charge in [0.2, 0.25) is 5.91 Å². The van der Waals surface area contributed by atoms with E-state index in [9.17, 15) is 14.4 Å². The van der Waals surface area contributed by atoms with Crippen molar-refractivity contribution in [3.05, 3.63) is 94.8 Å². The Kier molecular flexibility index (Phi) is 9.75. The SMILES string of the molecule is CCOC(=O)c1ccc(NC(=O)CSc2nnc(CNC(=O)c3cccc(OC)c3)n2-c2cc(C)ccc2C)cc1. The molecule has 11 heteroatoms. The molecule has 0 unspecified atom stereocenters. The average molecular weight is 574 g/mol. The third kappa shape index (κ3) is 7.52. The smallest absolute Gasteiger partial charge is 0.338 e. The van der Waals surface area contributed by atoms with Crippen LogP contribution in [-0.2, 0) is 16.1 Å². The van der Waals surface area contributed by atoms with Crippen LogP contribution in [0, 0.1) is 13.8 Å². The van der Waals surface area contributed by atoms with Gasteiger partial charge in [0.05, 0.1) is 37.3 Å². The van der Waals surface area contributed by atoms with Crippen molar-refractivity contribution in [2.45, 2.75) is 32.5 Å². The molecule has 0 radical (unpaired) electrons. The standard InChI is InChI=1S/C30H31N5O5S/c1-5-40-29(38)21-11-13-23(14-12-21)32-27(36)18-41-30-34-33-26(35(30)25-15-19(2)9-10-20(25)3)17-31-28(37)22-7-6-8-24(16-22)39-4/h6-16H,5,17-18H2,1-4H3,(H,31,37)(H,32,36). The highest BCUT2D eigenvalue weighted by molar-refractivity contribution is 7.99. The second-order valence-electron chi connectivity index (χ2n) is 9.07. The van der Waals surface area contributed by atoms with Crippen molar-refractivity contribution in [2.75, 3.05) is 24.8 Å². The second-order valence-corrected chi connectivity index (χ2v) is 10.0. The van der Waals surface area contributed by atoms with Gasteiger partial charge in [0.15, 0.2) is 11.0 Å². The van der Waals surface area contributed by atoms with E-state index in [4.69, 9.17) is 9.47 Å². The van der Waals surface area contributed by atoms with E-state index >= 15 is 0 Å². The number of carbonyl (C=O) groups excluding carboxylic acids is 3. The predicted octanol–water partition coefficient (Wildman–Crippen LogP) is 4.73. The van der Waals surface area contributed by atoms with Crippen LogP contribution in [0.3, 0.4) is 0 Å². The molecule has 0 aliphatic rings. The minimum Gasteiger partial charge on any atom is -0.497 e. The highest BCUT2D eigenvalue weighted by atomic mass is 32.2. The van der Waals surface area contributed by atoms with E-state index in [2.05, 4.69) is 20.8 Å². The molecule has 41 heavy (non-hydrogen) atoms. The fourth-order valence-electron chi connectivity index (χ4n) is 3.97. The van der Waals surface area contributed by atoms with Crippen LogP contribution in [0.2, 0.25) is 0 Å². The van der Waals surface area contributed by atoms with E-state index in [1.54, 1.807) is 62.6 Å². The number of aryl methyl sites for hydroxylation is 2. The Morgan fingerprint density at radius 2 is 1.73 bits per heavy atom. The highest BCUT2D eigenvalue weighted by Gasteiger charge is 2.19. The summed E-state index contributed by atoms with van der Waals surface area (Å²) in [4.78, 5) is 37.5. The van der Waals surface area contributed by atoms with Crippen LogP contribution in [0.1, 0.15) is 44.6 Å². The Hall–Kier alpha value is -4.64. The highest BCUT2D eigenvalue weighted by Crippen LogP contribution is 2.26. The maximum atomic E-state index is 12.8. The summed E-state index contributed by atoms with van der Waals surface area (Å²) < 4.78 is 12.1. The first kappa shape index (κ1) is 29.3. The van der Waals surface area contributed by atoms with Crippen molar-refractivity contribution in [2.24, 2.45) is 0 Å². The molecule has 0 fully saturated rings. The second kappa shape index (κ2) is 13.6. The molecular weight excluding hydrogens is 542 g/mol. The first-order chi connectivity index (χ1) is 19.8. The van der Waals surface area contributed by atoms with Gasteiger partial charge in [-0.3, -0.25) is 14.2 Å². The lowest BCUT2D eigenvalue weighted by molar-refractivity contribution is -0.113. The van der Waals surface area contributed by atoms with Crippen LogP contribution < -0.4 is 15.4 Å². The van der Waals surface area contributed by atoms with Gasteiger partial charge < -0.3 is 20.1 Å². The lowest BCUT2D eigenvalue weighted by atomic mass is 10.1. The minimum absolute atomic E-state index is 0.0682. The summed E-state index contributed by atoms with van der Waals surface area (Å²) in [6.45, 7) is 6.12. The van der Waals surface area contributed by atoms with Crippen molar-refractivity contribution in [1.29, 1.82) is 0 Å². The van der Waals surface area contributed by atoms with Gasteiger partial charge in [-0.15, -0.1) is 10.2 Å². The molecule has 2 N–H and O–H groups in total. The number of benzene rings is 3. The number of methoxy groups -OCH3 is 1. The van der Waals surface area contributed by atoms with Crippen LogP contribution in [0.4, 0.5) is 5.69 Å². The lowest BCUT2D eigenvalue weighted by Crippen LogP contribution is -2.25. The maximum Gasteiger partial charge on any atom is 0.338 e. The van der Waals surface area contributed by atoms with Gasteiger partial charge in [0, 0.05) is 11.3 Å². The number of amides is 2. The molecule has 0 aliphatic carbocycles. The van der Waals surface area contributed by atoms with E-state index in [-0.39, 0.29) is 30.7 Å². The molecular formula is C30H31N5O5S. The average Bonchev–Trinajstić information content (AvgIpc) is 3.39. The van der Waals surface area contributed by atoms with E-state index in [1.807, 2.05) is 36.6 Å². The third-order valence-corrected chi connectivity index (χ3v) is 6.99. The zero-order valence-corrected chi connectivity index (χ0v) is 24.1. The molecule has 212 valence electrons. The molecule has 0 atom stereocenters. The molecule has 0 spiro atoms. The molecule has 0 saturated heterocycles. The van der Waals surface area contributed by atoms with Gasteiger partial charge in [-0.2, -0.15) is 0 Å². The van der Waals surface area contributed by atoms with Crippen LogP contribution in [0.15, 0.2) is 71.9 Å². The van der Waals surface area contributed by atoms with Crippen molar-refractivity contribution < 1.29 is 23.9 Å². The predicted molar refractivity (Wildman–Crippen MR) is 157 cm³/mol. The first-order valence-electron chi connectivity index (χ1n) is 12.9. The summed E-state index contributed by atoms with van der Waals surface area (Å²) in [6, 6.07) is 19.4. The van der Waals surface area contributed by atoms with E-state index in [1.165, 1.54) is 11.8 Å². The fourth-order valence-corrected chi connectivity index (χ4v) is 4.73. The van der Waals surface area contributed by atoms with Gasteiger partial charge in [0.25, 0.3) is 5.91 Å². The lowest BCUT2D eigenvalue weighted by Gasteiger charge is -2.14. The molecule has 0 saturated carbocycles. The molecule has 4 aromatic rings. The molecule has 1 aromatic heterocycles. The number of nitrogens with zero attached hydrogens (tertiary/aromatic N) is 3. The molecule has 2 amide bonds. The molecule has 10 nitrogen and oxygen atoms in total. The summed E-state index contributed by atoms with van der Waals surface area (Å²) in [5.41, 5.74) is 4.32. The van der Waals surface area contributed by atoms with Crippen molar-refractivity contribution in [3.63, 3.8) is 0 Å². The van der Waals surface area contributed by atoms with Crippen LogP contribution >= 0.6 is 11.8 Å². The number of nitrogens with one attached hydrogen (secondary N) is 2. The Labute approximate surface area is 242 Å². The third-order valence-electron chi connectivity index (χ3n) is 6.06. The Balaban J connectivity index is 1.49. The Morgan fingerprint density at radius 3 is 2.46 bits per heavy atom. The summed E-state index contributed by atoms with van der Waals surface area (Å²) >= 11 is 1.23. The van der Waals surface area contributed by atoms with Gasteiger partial charge in [-0.1, -0.05) is 30.0 Å².